The second-order valence-corrected chi connectivity index (χ2v) is 4.82. The molecule has 1 saturated heterocycles. The molecule has 0 radical (unpaired) electrons. The molecule has 1 aliphatic rings. The van der Waals surface area contributed by atoms with Gasteiger partial charge >= 0.3 is 5.92 Å². The number of hydrogen-bond donors (Lipinski definition) is 0. The predicted octanol–water partition coefficient (Wildman–Crippen LogP) is 3.01. The topological polar surface area (TPSA) is 42.7 Å². The highest BCUT2D eigenvalue weighted by Gasteiger charge is 2.65. The molecule has 110 valence electrons. The van der Waals surface area contributed by atoms with Crippen molar-refractivity contribution in [2.24, 2.45) is 0 Å². The lowest BCUT2D eigenvalue weighted by Crippen LogP contribution is -2.63. The van der Waals surface area contributed by atoms with Gasteiger partial charge < -0.3 is 14.1 Å². The van der Waals surface area contributed by atoms with Gasteiger partial charge in [0.15, 0.2) is 6.04 Å². The Morgan fingerprint density at radius 1 is 1.29 bits per heavy atom. The maximum Gasteiger partial charge on any atom is 0.351 e. The smallest absolute Gasteiger partial charge is 0.351 e. The molecule has 4 nitrogen and oxygen atoms in total. The number of ether oxygens (including phenoxy) is 1. The molecule has 0 saturated carbocycles. The van der Waals surface area contributed by atoms with Crippen molar-refractivity contribution in [3.05, 3.63) is 54.0 Å². The molecule has 0 spiro atoms. The third-order valence-corrected chi connectivity index (χ3v) is 3.53. The second-order valence-electron chi connectivity index (χ2n) is 4.82. The van der Waals surface area contributed by atoms with E-state index in [9.17, 15) is 13.6 Å². The second kappa shape index (κ2) is 4.87. The van der Waals surface area contributed by atoms with Crippen molar-refractivity contribution >= 4 is 5.91 Å². The number of likely N-dealkylation sites (tertiary alicyclic amines) is 1. The molecule has 21 heavy (non-hydrogen) atoms. The quantitative estimate of drug-likeness (QED) is 0.814. The highest BCUT2D eigenvalue weighted by molar-refractivity contribution is 5.91. The number of halogens is 2. The van der Waals surface area contributed by atoms with Gasteiger partial charge in [0.2, 0.25) is 0 Å². The fraction of sp³-hybridized carbons (Fsp3) is 0.267. The number of hydrogen-bond acceptors (Lipinski definition) is 3. The van der Waals surface area contributed by atoms with Crippen LogP contribution in [0.1, 0.15) is 17.4 Å². The Labute approximate surface area is 119 Å². The van der Waals surface area contributed by atoms with Crippen LogP contribution in [0.4, 0.5) is 8.78 Å². The van der Waals surface area contributed by atoms with Crippen LogP contribution in [-0.2, 0) is 11.3 Å². The van der Waals surface area contributed by atoms with Crippen LogP contribution < -0.4 is 4.74 Å². The Morgan fingerprint density at radius 3 is 2.57 bits per heavy atom. The van der Waals surface area contributed by atoms with Gasteiger partial charge in [0.05, 0.1) is 13.4 Å². The first kappa shape index (κ1) is 13.6. The minimum absolute atomic E-state index is 0.0908. The number of β-lactam (4-membered cyclic amide) rings is 1. The van der Waals surface area contributed by atoms with Gasteiger partial charge in [0.25, 0.3) is 5.91 Å². The normalized spacial score (nSPS) is 20.2. The fourth-order valence-corrected chi connectivity index (χ4v) is 2.43. The van der Waals surface area contributed by atoms with Gasteiger partial charge in [0, 0.05) is 6.54 Å². The van der Waals surface area contributed by atoms with Gasteiger partial charge in [-0.2, -0.15) is 8.78 Å². The Bertz CT molecular complexity index is 637. The van der Waals surface area contributed by atoms with E-state index >= 15 is 0 Å². The molecule has 2 heterocycles. The molecular formula is C15H13F2NO3. The minimum atomic E-state index is -3.41. The van der Waals surface area contributed by atoms with Gasteiger partial charge in [-0.3, -0.25) is 4.79 Å². The molecule has 0 unspecified atom stereocenters. The summed E-state index contributed by atoms with van der Waals surface area (Å²) in [5, 5.41) is 0. The number of amides is 1. The zero-order valence-electron chi connectivity index (χ0n) is 11.3. The summed E-state index contributed by atoms with van der Waals surface area (Å²) < 4.78 is 37.6. The molecule has 1 fully saturated rings. The first-order valence-corrected chi connectivity index (χ1v) is 6.39. The summed E-state index contributed by atoms with van der Waals surface area (Å²) in [6, 6.07) is 8.55. The van der Waals surface area contributed by atoms with Gasteiger partial charge in [-0.15, -0.1) is 0 Å². The predicted molar refractivity (Wildman–Crippen MR) is 69.9 cm³/mol. The first-order chi connectivity index (χ1) is 10.0. The van der Waals surface area contributed by atoms with E-state index in [0.717, 1.165) is 10.5 Å². The van der Waals surface area contributed by atoms with E-state index in [1.807, 2.05) is 0 Å². The van der Waals surface area contributed by atoms with Crippen molar-refractivity contribution < 1.29 is 22.7 Å². The van der Waals surface area contributed by atoms with Crippen LogP contribution in [0, 0.1) is 0 Å². The number of methoxy groups -OCH3 is 1. The third kappa shape index (κ3) is 2.16. The summed E-state index contributed by atoms with van der Waals surface area (Å²) in [4.78, 5) is 12.7. The van der Waals surface area contributed by atoms with Crippen molar-refractivity contribution in [1.82, 2.24) is 4.90 Å². The van der Waals surface area contributed by atoms with Crippen molar-refractivity contribution in [3.8, 4) is 5.75 Å². The van der Waals surface area contributed by atoms with E-state index in [2.05, 4.69) is 0 Å². The summed E-state index contributed by atoms with van der Waals surface area (Å²) in [5.41, 5.74) is 0.746. The molecule has 0 bridgehead atoms. The number of alkyl halides is 2. The third-order valence-electron chi connectivity index (χ3n) is 3.53. The molecule has 0 N–H and O–H groups in total. The van der Waals surface area contributed by atoms with Crippen LogP contribution in [0.25, 0.3) is 0 Å². The number of benzene rings is 1. The average Bonchev–Trinajstić information content (AvgIpc) is 3.00. The van der Waals surface area contributed by atoms with Crippen molar-refractivity contribution in [1.29, 1.82) is 0 Å². The summed E-state index contributed by atoms with van der Waals surface area (Å²) in [5.74, 6) is -3.83. The lowest BCUT2D eigenvalue weighted by atomic mass is 9.93. The number of rotatable bonds is 4. The van der Waals surface area contributed by atoms with Crippen LogP contribution in [0.2, 0.25) is 0 Å². The zero-order valence-corrected chi connectivity index (χ0v) is 11.3. The Hall–Kier alpha value is -2.37. The Balaban J connectivity index is 1.82. The standard InChI is InChI=1S/C15H13F2NO3/c1-20-11-6-4-10(5-7-11)9-18-13(12-3-2-8-21-12)15(16,17)14(18)19/h2-8,13H,9H2,1H3/t13-/m1/s1. The van der Waals surface area contributed by atoms with Crippen LogP contribution in [0.3, 0.4) is 0 Å². The van der Waals surface area contributed by atoms with E-state index in [4.69, 9.17) is 9.15 Å². The molecule has 2 aromatic rings. The van der Waals surface area contributed by atoms with E-state index in [1.54, 1.807) is 31.4 Å². The minimum Gasteiger partial charge on any atom is -0.497 e. The van der Waals surface area contributed by atoms with Crippen LogP contribution in [-0.4, -0.2) is 23.8 Å². The molecule has 1 aromatic heterocycles. The SMILES string of the molecule is COc1ccc(CN2C(=O)C(F)(F)[C@H]2c2ccco2)cc1. The number of carbonyl (C=O) groups is 1. The summed E-state index contributed by atoms with van der Waals surface area (Å²) >= 11 is 0. The molecule has 1 atom stereocenters. The number of nitrogens with zero attached hydrogens (tertiary/aromatic N) is 1. The average molecular weight is 293 g/mol. The molecule has 1 aromatic carbocycles. The Morgan fingerprint density at radius 2 is 2.00 bits per heavy atom. The summed E-state index contributed by atoms with van der Waals surface area (Å²) in [7, 11) is 1.54. The van der Waals surface area contributed by atoms with Crippen LogP contribution in [0.5, 0.6) is 5.75 Å². The summed E-state index contributed by atoms with van der Waals surface area (Å²) in [6.45, 7) is 0.101. The monoisotopic (exact) mass is 293 g/mol. The molecule has 6 heteroatoms. The van der Waals surface area contributed by atoms with Gasteiger partial charge in [-0.05, 0) is 29.8 Å². The maximum atomic E-state index is 13.8. The van der Waals surface area contributed by atoms with Crippen LogP contribution >= 0.6 is 0 Å². The molecular weight excluding hydrogens is 280 g/mol. The maximum absolute atomic E-state index is 13.8. The lowest BCUT2D eigenvalue weighted by Gasteiger charge is -2.45. The summed E-state index contributed by atoms with van der Waals surface area (Å²) in [6.07, 6.45) is 1.32. The molecule has 1 amide bonds. The fourth-order valence-electron chi connectivity index (χ4n) is 2.43. The van der Waals surface area contributed by atoms with E-state index < -0.39 is 17.9 Å². The van der Waals surface area contributed by atoms with E-state index in [-0.39, 0.29) is 12.3 Å². The van der Waals surface area contributed by atoms with Crippen molar-refractivity contribution in [2.75, 3.05) is 7.11 Å². The highest BCUT2D eigenvalue weighted by atomic mass is 19.3. The van der Waals surface area contributed by atoms with Gasteiger partial charge in [0.1, 0.15) is 11.5 Å². The van der Waals surface area contributed by atoms with E-state index in [0.29, 0.717) is 5.75 Å². The zero-order chi connectivity index (χ0) is 15.0. The lowest BCUT2D eigenvalue weighted by molar-refractivity contribution is -0.210. The number of carbonyl (C=O) groups excluding carboxylic acids is 1. The number of furan rings is 1. The van der Waals surface area contributed by atoms with Gasteiger partial charge in [-0.25, -0.2) is 0 Å². The van der Waals surface area contributed by atoms with Crippen molar-refractivity contribution in [2.45, 2.75) is 18.5 Å². The largest absolute Gasteiger partial charge is 0.497 e. The first-order valence-electron chi connectivity index (χ1n) is 6.39. The van der Waals surface area contributed by atoms with Crippen molar-refractivity contribution in [3.63, 3.8) is 0 Å². The van der Waals surface area contributed by atoms with Crippen LogP contribution in [0.15, 0.2) is 47.1 Å². The Kier molecular flexibility index (Phi) is 3.16. The molecule has 0 aliphatic carbocycles. The van der Waals surface area contributed by atoms with Gasteiger partial charge in [-0.1, -0.05) is 12.1 Å². The van der Waals surface area contributed by atoms with E-state index in [1.165, 1.54) is 18.4 Å². The molecule has 1 aliphatic heterocycles. The highest BCUT2D eigenvalue weighted by Crippen LogP contribution is 2.48. The molecule has 3 rings (SSSR count).